The highest BCUT2D eigenvalue weighted by Crippen LogP contribution is 2.23. The van der Waals surface area contributed by atoms with Crippen LogP contribution < -0.4 is 0 Å². The van der Waals surface area contributed by atoms with Gasteiger partial charge in [-0.15, -0.1) is 11.3 Å². The molecule has 0 fully saturated rings. The van der Waals surface area contributed by atoms with Crippen molar-refractivity contribution in [2.24, 2.45) is 0 Å². The summed E-state index contributed by atoms with van der Waals surface area (Å²) in [6.07, 6.45) is 3.36. The van der Waals surface area contributed by atoms with E-state index in [0.717, 1.165) is 10.6 Å². The van der Waals surface area contributed by atoms with Crippen molar-refractivity contribution in [2.75, 3.05) is 6.61 Å². The van der Waals surface area contributed by atoms with Crippen molar-refractivity contribution in [3.8, 4) is 10.6 Å². The van der Waals surface area contributed by atoms with Gasteiger partial charge >= 0.3 is 5.97 Å². The number of ketones is 2. The van der Waals surface area contributed by atoms with Gasteiger partial charge in [0.15, 0.2) is 12.4 Å². The lowest BCUT2D eigenvalue weighted by Gasteiger charge is -2.03. The summed E-state index contributed by atoms with van der Waals surface area (Å²) in [6.45, 7) is 4.49. The number of esters is 1. The monoisotopic (exact) mass is 397 g/mol. The zero-order valence-corrected chi connectivity index (χ0v) is 16.6. The van der Waals surface area contributed by atoms with Gasteiger partial charge in [0, 0.05) is 34.6 Å². The second kappa shape index (κ2) is 8.26. The lowest BCUT2D eigenvalue weighted by Crippen LogP contribution is -2.17. The minimum absolute atomic E-state index is 0.0223. The number of nitrogens with one attached hydrogen (secondary N) is 1. The van der Waals surface area contributed by atoms with Crippen LogP contribution in [0.1, 0.15) is 44.7 Å². The number of ether oxygens (including phenoxy) is 1. The van der Waals surface area contributed by atoms with Crippen LogP contribution in [0.4, 0.5) is 0 Å². The number of carbonyl (C=O) groups excluding carboxylic acids is 3. The predicted molar refractivity (Wildman–Crippen MR) is 105 cm³/mol. The van der Waals surface area contributed by atoms with E-state index in [4.69, 9.17) is 4.74 Å². The van der Waals surface area contributed by atoms with Crippen LogP contribution in [0, 0.1) is 13.8 Å². The zero-order valence-electron chi connectivity index (χ0n) is 15.7. The first-order chi connectivity index (χ1) is 13.4. The molecule has 0 radical (unpaired) electrons. The summed E-state index contributed by atoms with van der Waals surface area (Å²) in [7, 11) is 0. The molecule has 3 heterocycles. The molecule has 0 amide bonds. The average Bonchev–Trinajstić information content (AvgIpc) is 3.24. The Morgan fingerprint density at radius 2 is 2.04 bits per heavy atom. The maximum absolute atomic E-state index is 12.4. The number of aromatic amines is 1. The molecule has 28 heavy (non-hydrogen) atoms. The molecule has 0 aliphatic carbocycles. The van der Waals surface area contributed by atoms with E-state index in [1.807, 2.05) is 12.1 Å². The maximum atomic E-state index is 12.4. The van der Waals surface area contributed by atoms with E-state index >= 15 is 0 Å². The van der Waals surface area contributed by atoms with E-state index in [1.165, 1.54) is 18.3 Å². The second-order valence-corrected chi connectivity index (χ2v) is 7.19. The molecule has 0 aromatic carbocycles. The number of hydrogen-bond acceptors (Lipinski definition) is 7. The Hall–Kier alpha value is -3.13. The van der Waals surface area contributed by atoms with Gasteiger partial charge in [-0.3, -0.25) is 19.4 Å². The number of Topliss-reactive ketones (excluding diaryl/α,β-unsaturated/α-hetero) is 2. The molecule has 8 heteroatoms. The Labute approximate surface area is 165 Å². The third-order valence-electron chi connectivity index (χ3n) is 4.22. The van der Waals surface area contributed by atoms with Gasteiger partial charge in [0.25, 0.3) is 0 Å². The molecule has 0 aliphatic rings. The van der Waals surface area contributed by atoms with Crippen LogP contribution >= 0.6 is 11.3 Å². The topological polar surface area (TPSA) is 102 Å². The van der Waals surface area contributed by atoms with Gasteiger partial charge < -0.3 is 9.72 Å². The molecular weight excluding hydrogens is 378 g/mol. The van der Waals surface area contributed by atoms with E-state index in [9.17, 15) is 14.4 Å². The summed E-state index contributed by atoms with van der Waals surface area (Å²) >= 11 is 1.41. The summed E-state index contributed by atoms with van der Waals surface area (Å²) < 4.78 is 5.10. The highest BCUT2D eigenvalue weighted by Gasteiger charge is 2.21. The van der Waals surface area contributed by atoms with Gasteiger partial charge in [0.1, 0.15) is 5.01 Å². The summed E-state index contributed by atoms with van der Waals surface area (Å²) in [5.74, 6) is -1.03. The van der Waals surface area contributed by atoms with Crippen LogP contribution in [0.25, 0.3) is 10.6 Å². The molecule has 3 rings (SSSR count). The Bertz CT molecular complexity index is 1040. The first-order valence-electron chi connectivity index (χ1n) is 8.60. The van der Waals surface area contributed by atoms with Crippen LogP contribution in [-0.4, -0.2) is 39.1 Å². The van der Waals surface area contributed by atoms with Crippen LogP contribution in [0.3, 0.4) is 0 Å². The molecule has 3 aromatic heterocycles. The van der Waals surface area contributed by atoms with E-state index in [1.54, 1.807) is 31.6 Å². The largest absolute Gasteiger partial charge is 0.457 e. The lowest BCUT2D eigenvalue weighted by atomic mass is 10.1. The minimum atomic E-state index is -0.538. The second-order valence-electron chi connectivity index (χ2n) is 6.33. The fourth-order valence-corrected chi connectivity index (χ4v) is 3.79. The Kier molecular flexibility index (Phi) is 5.79. The van der Waals surface area contributed by atoms with Gasteiger partial charge in [-0.25, -0.2) is 4.98 Å². The molecule has 3 aromatic rings. The van der Waals surface area contributed by atoms with Gasteiger partial charge in [-0.1, -0.05) is 0 Å². The van der Waals surface area contributed by atoms with Gasteiger partial charge in [-0.05, 0) is 38.5 Å². The maximum Gasteiger partial charge on any atom is 0.312 e. The minimum Gasteiger partial charge on any atom is -0.457 e. The van der Waals surface area contributed by atoms with Gasteiger partial charge in [0.2, 0.25) is 5.78 Å². The lowest BCUT2D eigenvalue weighted by molar-refractivity contribution is -0.141. The smallest absolute Gasteiger partial charge is 0.312 e. The normalized spacial score (nSPS) is 10.7. The molecule has 0 spiro atoms. The molecule has 7 nitrogen and oxygen atoms in total. The number of aryl methyl sites for hydroxylation is 1. The molecule has 0 unspecified atom stereocenters. The first-order valence-corrected chi connectivity index (χ1v) is 9.48. The zero-order chi connectivity index (χ0) is 20.3. The first kappa shape index (κ1) is 19.6. The third kappa shape index (κ3) is 4.23. The standard InChI is InChI=1S/C20H19N3O4S/c1-11-18(13(3)24)12(2)22-19(11)16(25)9-27-17(26)7-15-10-28-20(23-15)14-5-4-6-21-8-14/h4-6,8,10,22H,7,9H2,1-3H3. The van der Waals surface area contributed by atoms with E-state index < -0.39 is 12.6 Å². The fraction of sp³-hybridized carbons (Fsp3) is 0.250. The number of thiazole rings is 1. The van der Waals surface area contributed by atoms with Crippen molar-refractivity contribution in [3.05, 3.63) is 58.1 Å². The highest BCUT2D eigenvalue weighted by molar-refractivity contribution is 7.13. The molecular formula is C20H19N3O4S. The predicted octanol–water partition coefficient (Wildman–Crippen LogP) is 3.32. The molecule has 144 valence electrons. The Balaban J connectivity index is 1.59. The number of carbonyl (C=O) groups is 3. The van der Waals surface area contributed by atoms with Crippen LogP contribution in [-0.2, 0) is 16.0 Å². The van der Waals surface area contributed by atoms with E-state index in [2.05, 4.69) is 15.0 Å². The van der Waals surface area contributed by atoms with E-state index in [-0.39, 0.29) is 18.0 Å². The fourth-order valence-electron chi connectivity index (χ4n) is 2.98. The van der Waals surface area contributed by atoms with Crippen molar-refractivity contribution < 1.29 is 19.1 Å². The number of H-pyrrole nitrogens is 1. The molecule has 1 N–H and O–H groups in total. The number of rotatable bonds is 7. The molecule has 0 aliphatic heterocycles. The van der Waals surface area contributed by atoms with Crippen LogP contribution in [0.15, 0.2) is 29.9 Å². The van der Waals surface area contributed by atoms with Crippen molar-refractivity contribution in [1.29, 1.82) is 0 Å². The summed E-state index contributed by atoms with van der Waals surface area (Å²) in [5, 5.41) is 2.55. The van der Waals surface area contributed by atoms with Crippen LogP contribution in [0.2, 0.25) is 0 Å². The Morgan fingerprint density at radius 3 is 2.68 bits per heavy atom. The number of hydrogen-bond donors (Lipinski definition) is 1. The SMILES string of the molecule is CC(=O)c1c(C)[nH]c(C(=O)COC(=O)Cc2csc(-c3cccnc3)n2)c1C. The van der Waals surface area contributed by atoms with Crippen molar-refractivity contribution >= 4 is 28.9 Å². The van der Waals surface area contributed by atoms with Gasteiger partial charge in [0.05, 0.1) is 17.8 Å². The molecule has 0 saturated carbocycles. The number of pyridine rings is 1. The van der Waals surface area contributed by atoms with Crippen molar-refractivity contribution in [3.63, 3.8) is 0 Å². The summed E-state index contributed by atoms with van der Waals surface area (Å²) in [5.41, 5.74) is 3.45. The third-order valence-corrected chi connectivity index (χ3v) is 5.16. The number of nitrogens with zero attached hydrogens (tertiary/aromatic N) is 2. The Morgan fingerprint density at radius 1 is 1.25 bits per heavy atom. The highest BCUT2D eigenvalue weighted by atomic mass is 32.1. The van der Waals surface area contributed by atoms with Crippen molar-refractivity contribution in [1.82, 2.24) is 15.0 Å². The molecule has 0 atom stereocenters. The quantitative estimate of drug-likeness (QED) is 0.485. The van der Waals surface area contributed by atoms with Gasteiger partial charge in [-0.2, -0.15) is 0 Å². The van der Waals surface area contributed by atoms with Crippen LogP contribution in [0.5, 0.6) is 0 Å². The average molecular weight is 397 g/mol. The molecule has 0 bridgehead atoms. The summed E-state index contributed by atoms with van der Waals surface area (Å²) in [6, 6.07) is 3.71. The molecule has 0 saturated heterocycles. The number of aromatic nitrogens is 3. The van der Waals surface area contributed by atoms with E-state index in [0.29, 0.717) is 28.2 Å². The summed E-state index contributed by atoms with van der Waals surface area (Å²) in [4.78, 5) is 47.5. The van der Waals surface area contributed by atoms with Crippen molar-refractivity contribution in [2.45, 2.75) is 27.2 Å².